The van der Waals surface area contributed by atoms with E-state index in [9.17, 15) is 4.79 Å². The molecule has 1 saturated heterocycles. The predicted octanol–water partition coefficient (Wildman–Crippen LogP) is 3.42. The topological polar surface area (TPSA) is 37.6 Å². The molecule has 2 aromatic heterocycles. The predicted molar refractivity (Wildman–Crippen MR) is 83.9 cm³/mol. The van der Waals surface area contributed by atoms with Crippen LogP contribution in [0.5, 0.6) is 0 Å². The Hall–Kier alpha value is -1.55. The minimum Gasteiger partial charge on any atom is -0.337 e. The summed E-state index contributed by atoms with van der Waals surface area (Å²) in [5.74, 6) is 0.662. The van der Waals surface area contributed by atoms with Crippen LogP contribution in [0.4, 0.5) is 0 Å². The van der Waals surface area contributed by atoms with Crippen molar-refractivity contribution in [3.05, 3.63) is 34.7 Å². The number of hydrogen-bond donors (Lipinski definition) is 0. The third kappa shape index (κ3) is 2.64. The SMILES string of the molecule is CCc1nc2cc(Cl)ccn2c1C(=O)N1CCCC(C)C1. The molecule has 0 aliphatic carbocycles. The van der Waals surface area contributed by atoms with E-state index in [4.69, 9.17) is 11.6 Å². The van der Waals surface area contributed by atoms with Crippen LogP contribution in [0.25, 0.3) is 5.65 Å². The average molecular weight is 306 g/mol. The number of hydrogen-bond acceptors (Lipinski definition) is 2. The van der Waals surface area contributed by atoms with Gasteiger partial charge in [0.1, 0.15) is 11.3 Å². The van der Waals surface area contributed by atoms with Crippen molar-refractivity contribution >= 4 is 23.2 Å². The highest BCUT2D eigenvalue weighted by Gasteiger charge is 2.26. The molecule has 0 spiro atoms. The summed E-state index contributed by atoms with van der Waals surface area (Å²) in [4.78, 5) is 19.4. The number of fused-ring (bicyclic) bond motifs is 1. The zero-order valence-corrected chi connectivity index (χ0v) is 13.2. The number of halogens is 1. The molecule has 1 fully saturated rings. The molecule has 1 aliphatic rings. The summed E-state index contributed by atoms with van der Waals surface area (Å²) in [6.07, 6.45) is 4.86. The third-order valence-electron chi connectivity index (χ3n) is 4.14. The number of pyridine rings is 1. The molecule has 112 valence electrons. The summed E-state index contributed by atoms with van der Waals surface area (Å²) in [5, 5.41) is 0.640. The van der Waals surface area contributed by atoms with E-state index in [-0.39, 0.29) is 5.91 Å². The van der Waals surface area contributed by atoms with Crippen molar-refractivity contribution in [2.45, 2.75) is 33.1 Å². The van der Waals surface area contributed by atoms with E-state index < -0.39 is 0 Å². The van der Waals surface area contributed by atoms with E-state index in [1.165, 1.54) is 6.42 Å². The molecule has 2 aromatic rings. The van der Waals surface area contributed by atoms with Crippen molar-refractivity contribution in [2.24, 2.45) is 5.92 Å². The van der Waals surface area contributed by atoms with Crippen molar-refractivity contribution in [1.82, 2.24) is 14.3 Å². The molecule has 0 radical (unpaired) electrons. The van der Waals surface area contributed by atoms with Crippen LogP contribution in [-0.4, -0.2) is 33.3 Å². The van der Waals surface area contributed by atoms with Gasteiger partial charge in [-0.25, -0.2) is 4.98 Å². The normalized spacial score (nSPS) is 19.2. The molecule has 1 amide bonds. The van der Waals surface area contributed by atoms with Crippen molar-refractivity contribution < 1.29 is 4.79 Å². The van der Waals surface area contributed by atoms with Gasteiger partial charge in [-0.1, -0.05) is 25.4 Å². The van der Waals surface area contributed by atoms with E-state index in [1.54, 1.807) is 12.1 Å². The second-order valence-corrected chi connectivity index (χ2v) is 6.27. The Morgan fingerprint density at radius 3 is 3.05 bits per heavy atom. The Morgan fingerprint density at radius 1 is 1.52 bits per heavy atom. The fourth-order valence-corrected chi connectivity index (χ4v) is 3.22. The first-order chi connectivity index (χ1) is 10.1. The van der Waals surface area contributed by atoms with Crippen molar-refractivity contribution in [3.8, 4) is 0 Å². The van der Waals surface area contributed by atoms with Crippen molar-refractivity contribution in [3.63, 3.8) is 0 Å². The van der Waals surface area contributed by atoms with Crippen molar-refractivity contribution in [2.75, 3.05) is 13.1 Å². The smallest absolute Gasteiger partial charge is 0.272 e. The van der Waals surface area contributed by atoms with Gasteiger partial charge < -0.3 is 4.90 Å². The molecule has 1 atom stereocenters. The zero-order valence-electron chi connectivity index (χ0n) is 12.5. The van der Waals surface area contributed by atoms with Gasteiger partial charge in [0.2, 0.25) is 0 Å². The van der Waals surface area contributed by atoms with Gasteiger partial charge in [-0.15, -0.1) is 0 Å². The van der Waals surface area contributed by atoms with Crippen LogP contribution in [0.2, 0.25) is 5.02 Å². The second-order valence-electron chi connectivity index (χ2n) is 5.83. The van der Waals surface area contributed by atoms with Gasteiger partial charge in [-0.3, -0.25) is 9.20 Å². The molecular formula is C16H20ClN3O. The number of nitrogens with zero attached hydrogens (tertiary/aromatic N) is 3. The first-order valence-corrected chi connectivity index (χ1v) is 7.93. The number of likely N-dealkylation sites (tertiary alicyclic amines) is 1. The molecule has 21 heavy (non-hydrogen) atoms. The van der Waals surface area contributed by atoms with Gasteiger partial charge in [-0.05, 0) is 31.2 Å². The van der Waals surface area contributed by atoms with Crippen LogP contribution in [0.1, 0.15) is 42.9 Å². The van der Waals surface area contributed by atoms with Gasteiger partial charge in [-0.2, -0.15) is 0 Å². The quantitative estimate of drug-likeness (QED) is 0.852. The highest BCUT2D eigenvalue weighted by Crippen LogP contribution is 2.22. The number of carbonyl (C=O) groups excluding carboxylic acids is 1. The van der Waals surface area contributed by atoms with Crippen LogP contribution in [0.3, 0.4) is 0 Å². The summed E-state index contributed by atoms with van der Waals surface area (Å²) >= 11 is 6.02. The van der Waals surface area contributed by atoms with Crippen LogP contribution in [-0.2, 0) is 6.42 Å². The maximum absolute atomic E-state index is 12.9. The van der Waals surface area contributed by atoms with Crippen molar-refractivity contribution in [1.29, 1.82) is 0 Å². The molecule has 3 heterocycles. The fraction of sp³-hybridized carbons (Fsp3) is 0.500. The molecule has 5 heteroatoms. The summed E-state index contributed by atoms with van der Waals surface area (Å²) in [6, 6.07) is 3.60. The number of rotatable bonds is 2. The van der Waals surface area contributed by atoms with E-state index in [2.05, 4.69) is 11.9 Å². The molecule has 0 aromatic carbocycles. The highest BCUT2D eigenvalue weighted by molar-refractivity contribution is 6.30. The van der Waals surface area contributed by atoms with Crippen LogP contribution in [0.15, 0.2) is 18.3 Å². The minimum atomic E-state index is 0.0909. The van der Waals surface area contributed by atoms with Gasteiger partial charge in [0.05, 0.1) is 5.69 Å². The molecule has 0 saturated carbocycles. The Kier molecular flexibility index (Phi) is 3.89. The summed E-state index contributed by atoms with van der Waals surface area (Å²) < 4.78 is 1.87. The van der Waals surface area contributed by atoms with Gasteiger partial charge in [0.15, 0.2) is 0 Å². The maximum atomic E-state index is 12.9. The van der Waals surface area contributed by atoms with Gasteiger partial charge in [0, 0.05) is 30.4 Å². The third-order valence-corrected chi connectivity index (χ3v) is 4.38. The van der Waals surface area contributed by atoms with Crippen LogP contribution < -0.4 is 0 Å². The highest BCUT2D eigenvalue weighted by atomic mass is 35.5. The molecule has 3 rings (SSSR count). The number of aryl methyl sites for hydroxylation is 1. The second kappa shape index (κ2) is 5.68. The number of imidazole rings is 1. The first kappa shape index (κ1) is 14.4. The molecule has 0 bridgehead atoms. The Balaban J connectivity index is 2.03. The number of carbonyl (C=O) groups is 1. The lowest BCUT2D eigenvalue weighted by Crippen LogP contribution is -2.40. The van der Waals surface area contributed by atoms with Gasteiger partial charge in [0.25, 0.3) is 5.91 Å². The van der Waals surface area contributed by atoms with Crippen LogP contribution >= 0.6 is 11.6 Å². The minimum absolute atomic E-state index is 0.0909. The fourth-order valence-electron chi connectivity index (χ4n) is 3.07. The lowest BCUT2D eigenvalue weighted by atomic mass is 10.00. The van der Waals surface area contributed by atoms with Gasteiger partial charge >= 0.3 is 0 Å². The van der Waals surface area contributed by atoms with E-state index >= 15 is 0 Å². The molecular weight excluding hydrogens is 286 g/mol. The van der Waals surface area contributed by atoms with E-state index in [0.29, 0.717) is 16.6 Å². The number of amides is 1. The molecule has 1 aliphatic heterocycles. The zero-order chi connectivity index (χ0) is 15.0. The monoisotopic (exact) mass is 305 g/mol. The van der Waals surface area contributed by atoms with Crippen LogP contribution in [0, 0.1) is 5.92 Å². The van der Waals surface area contributed by atoms with E-state index in [1.807, 2.05) is 22.4 Å². The number of piperidine rings is 1. The first-order valence-electron chi connectivity index (χ1n) is 7.56. The lowest BCUT2D eigenvalue weighted by Gasteiger charge is -2.31. The molecule has 4 nitrogen and oxygen atoms in total. The largest absolute Gasteiger partial charge is 0.337 e. The summed E-state index contributed by atoms with van der Waals surface area (Å²) in [5.41, 5.74) is 2.28. The maximum Gasteiger partial charge on any atom is 0.272 e. The number of aromatic nitrogens is 2. The molecule has 1 unspecified atom stereocenters. The Bertz CT molecular complexity index is 679. The Labute approximate surface area is 129 Å². The average Bonchev–Trinajstić information content (AvgIpc) is 2.83. The lowest BCUT2D eigenvalue weighted by molar-refractivity contribution is 0.0675. The summed E-state index contributed by atoms with van der Waals surface area (Å²) in [7, 11) is 0. The molecule has 0 N–H and O–H groups in total. The Morgan fingerprint density at radius 2 is 2.33 bits per heavy atom. The van der Waals surface area contributed by atoms with E-state index in [0.717, 1.165) is 37.3 Å². The summed E-state index contributed by atoms with van der Waals surface area (Å²) in [6.45, 7) is 5.91. The standard InChI is InChI=1S/C16H20ClN3O/c1-3-13-15(16(21)19-7-4-5-11(2)10-19)20-8-6-12(17)9-14(20)18-13/h6,8-9,11H,3-5,7,10H2,1-2H3.